The topological polar surface area (TPSA) is 105 Å². The third-order valence-corrected chi connectivity index (χ3v) is 5.95. The van der Waals surface area contributed by atoms with Crippen LogP contribution in [0.15, 0.2) is 58.1 Å². The van der Waals surface area contributed by atoms with Crippen molar-refractivity contribution in [1.82, 2.24) is 19.3 Å². The minimum absolute atomic E-state index is 0.0413. The normalized spacial score (nSPS) is 14.8. The van der Waals surface area contributed by atoms with Crippen molar-refractivity contribution in [2.24, 2.45) is 0 Å². The highest BCUT2D eigenvalue weighted by Crippen LogP contribution is 2.29. The Bertz CT molecular complexity index is 1380. The Kier molecular flexibility index (Phi) is 4.89. The molecule has 0 atom stereocenters. The molecule has 1 fully saturated rings. The Balaban J connectivity index is 1.70. The molecule has 1 saturated carbocycles. The fraction of sp³-hybridized carbons (Fsp3) is 0.304. The van der Waals surface area contributed by atoms with Crippen LogP contribution < -0.4 is 16.4 Å². The molecule has 4 heterocycles. The van der Waals surface area contributed by atoms with E-state index in [1.807, 2.05) is 6.07 Å². The molecule has 1 aliphatic carbocycles. The third kappa shape index (κ3) is 3.43. The lowest BCUT2D eigenvalue weighted by atomic mass is 9.94. The molecule has 2 N–H and O–H groups in total. The second kappa shape index (κ2) is 7.86. The number of hydrogen-bond acceptors (Lipinski definition) is 5. The van der Waals surface area contributed by atoms with Crippen molar-refractivity contribution in [2.45, 2.75) is 44.7 Å². The van der Waals surface area contributed by atoms with Gasteiger partial charge in [-0.1, -0.05) is 25.3 Å². The summed E-state index contributed by atoms with van der Waals surface area (Å²) >= 11 is 0. The van der Waals surface area contributed by atoms with Crippen LogP contribution >= 0.6 is 0 Å². The molecule has 8 heteroatoms. The smallest absolute Gasteiger partial charge is 0.267 e. The van der Waals surface area contributed by atoms with Crippen LogP contribution in [0, 0.1) is 5.41 Å². The molecule has 8 nitrogen and oxygen atoms in total. The number of nitrogens with zero attached hydrogens (tertiary/aromatic N) is 3. The first-order valence-electron chi connectivity index (χ1n) is 10.6. The molecule has 31 heavy (non-hydrogen) atoms. The van der Waals surface area contributed by atoms with Gasteiger partial charge < -0.3 is 14.3 Å². The zero-order valence-corrected chi connectivity index (χ0v) is 17.0. The number of furan rings is 1. The number of carbonyl (C=O) groups excluding carboxylic acids is 1. The Morgan fingerprint density at radius 3 is 2.81 bits per heavy atom. The van der Waals surface area contributed by atoms with Gasteiger partial charge in [0, 0.05) is 12.2 Å². The summed E-state index contributed by atoms with van der Waals surface area (Å²) in [5, 5.41) is 12.0. The van der Waals surface area contributed by atoms with Crippen LogP contribution in [0.2, 0.25) is 0 Å². The second-order valence-corrected chi connectivity index (χ2v) is 7.91. The summed E-state index contributed by atoms with van der Waals surface area (Å²) in [5.74, 6) is 0.207. The van der Waals surface area contributed by atoms with Gasteiger partial charge in [-0.15, -0.1) is 0 Å². The molecule has 0 aromatic carbocycles. The minimum Gasteiger partial charge on any atom is -0.467 e. The highest BCUT2D eigenvalue weighted by Gasteiger charge is 2.23. The zero-order valence-electron chi connectivity index (χ0n) is 17.0. The van der Waals surface area contributed by atoms with Gasteiger partial charge in [0.15, 0.2) is 0 Å². The highest BCUT2D eigenvalue weighted by molar-refractivity contribution is 5.96. The molecular formula is C23H23N5O3. The number of hydrogen-bond donors (Lipinski definition) is 2. The zero-order chi connectivity index (χ0) is 21.4. The standard InChI is InChI=1S/C23H23N5O3/c24-20-17(22(29)25-14-16-9-6-12-31-16)13-18-21(28(20)15-7-2-1-3-8-15)26-19-10-4-5-11-27(19)23(18)30/h4-6,9-13,15,24H,1-3,7-8,14H2,(H,25,29). The van der Waals surface area contributed by atoms with Gasteiger partial charge in [0.2, 0.25) is 0 Å². The van der Waals surface area contributed by atoms with Gasteiger partial charge in [0.1, 0.15) is 22.5 Å². The van der Waals surface area contributed by atoms with Crippen molar-refractivity contribution in [3.8, 4) is 0 Å². The van der Waals surface area contributed by atoms with E-state index >= 15 is 0 Å². The fourth-order valence-corrected chi connectivity index (χ4v) is 4.39. The highest BCUT2D eigenvalue weighted by atomic mass is 16.3. The summed E-state index contributed by atoms with van der Waals surface area (Å²) in [6.07, 6.45) is 8.28. The molecule has 1 aliphatic rings. The number of amides is 1. The number of fused-ring (bicyclic) bond motifs is 2. The third-order valence-electron chi connectivity index (χ3n) is 5.95. The van der Waals surface area contributed by atoms with Crippen molar-refractivity contribution in [3.05, 3.63) is 76.0 Å². The summed E-state index contributed by atoms with van der Waals surface area (Å²) in [6, 6.07) is 10.4. The van der Waals surface area contributed by atoms with Crippen LogP contribution in [0.25, 0.3) is 16.7 Å². The molecule has 0 radical (unpaired) electrons. The van der Waals surface area contributed by atoms with Crippen molar-refractivity contribution >= 4 is 22.6 Å². The summed E-state index contributed by atoms with van der Waals surface area (Å²) in [5.41, 5.74) is 1.00. The lowest BCUT2D eigenvalue weighted by Gasteiger charge is -2.26. The van der Waals surface area contributed by atoms with E-state index in [2.05, 4.69) is 5.32 Å². The predicted molar refractivity (Wildman–Crippen MR) is 115 cm³/mol. The largest absolute Gasteiger partial charge is 0.467 e. The lowest BCUT2D eigenvalue weighted by molar-refractivity contribution is 0.0945. The molecule has 0 unspecified atom stereocenters. The molecule has 0 saturated heterocycles. The van der Waals surface area contributed by atoms with E-state index in [1.54, 1.807) is 41.3 Å². The average molecular weight is 417 g/mol. The van der Waals surface area contributed by atoms with Crippen LogP contribution in [0.3, 0.4) is 0 Å². The number of aromatic nitrogens is 3. The molecule has 0 aliphatic heterocycles. The average Bonchev–Trinajstić information content (AvgIpc) is 3.32. The van der Waals surface area contributed by atoms with Crippen LogP contribution in [-0.4, -0.2) is 19.9 Å². The van der Waals surface area contributed by atoms with Crippen molar-refractivity contribution in [3.63, 3.8) is 0 Å². The van der Waals surface area contributed by atoms with Crippen LogP contribution in [-0.2, 0) is 6.54 Å². The van der Waals surface area contributed by atoms with Gasteiger partial charge in [-0.3, -0.25) is 19.4 Å². The second-order valence-electron chi connectivity index (χ2n) is 7.91. The lowest BCUT2D eigenvalue weighted by Crippen LogP contribution is -2.36. The van der Waals surface area contributed by atoms with Crippen molar-refractivity contribution in [1.29, 1.82) is 5.41 Å². The Labute approximate surface area is 177 Å². The summed E-state index contributed by atoms with van der Waals surface area (Å²) < 4.78 is 8.55. The minimum atomic E-state index is -0.412. The molecule has 4 aromatic rings. The maximum atomic E-state index is 13.3. The van der Waals surface area contributed by atoms with E-state index in [0.717, 1.165) is 32.1 Å². The Morgan fingerprint density at radius 1 is 1.19 bits per heavy atom. The summed E-state index contributed by atoms with van der Waals surface area (Å²) in [7, 11) is 0. The van der Waals surface area contributed by atoms with Crippen LogP contribution in [0.1, 0.15) is 54.3 Å². The molecule has 158 valence electrons. The molecule has 0 spiro atoms. The maximum Gasteiger partial charge on any atom is 0.267 e. The van der Waals surface area contributed by atoms with E-state index in [0.29, 0.717) is 22.4 Å². The predicted octanol–water partition coefficient (Wildman–Crippen LogP) is 3.16. The van der Waals surface area contributed by atoms with E-state index < -0.39 is 5.91 Å². The SMILES string of the molecule is N=c1c(C(=O)NCc2ccco2)cc2c(=O)n3ccccc3nc2n1C1CCCCC1. The van der Waals surface area contributed by atoms with Crippen LogP contribution in [0.4, 0.5) is 0 Å². The number of nitrogens with one attached hydrogen (secondary N) is 2. The van der Waals surface area contributed by atoms with Gasteiger partial charge >= 0.3 is 0 Å². The molecule has 1 amide bonds. The molecular weight excluding hydrogens is 394 g/mol. The van der Waals surface area contributed by atoms with E-state index in [4.69, 9.17) is 14.8 Å². The first-order chi connectivity index (χ1) is 15.1. The van der Waals surface area contributed by atoms with Gasteiger partial charge in [0.25, 0.3) is 11.5 Å². The monoisotopic (exact) mass is 417 g/mol. The van der Waals surface area contributed by atoms with Gasteiger partial charge in [-0.2, -0.15) is 0 Å². The maximum absolute atomic E-state index is 13.3. The first kappa shape index (κ1) is 19.3. The van der Waals surface area contributed by atoms with Gasteiger partial charge in [-0.25, -0.2) is 4.98 Å². The molecule has 4 aromatic heterocycles. The number of pyridine rings is 2. The number of carbonyl (C=O) groups is 1. The fourth-order valence-electron chi connectivity index (χ4n) is 4.39. The summed E-state index contributed by atoms with van der Waals surface area (Å²) in [6.45, 7) is 0.210. The first-order valence-corrected chi connectivity index (χ1v) is 10.6. The van der Waals surface area contributed by atoms with E-state index in [1.165, 1.54) is 10.5 Å². The van der Waals surface area contributed by atoms with Gasteiger partial charge in [0.05, 0.1) is 23.8 Å². The van der Waals surface area contributed by atoms with E-state index in [-0.39, 0.29) is 29.2 Å². The Hall–Kier alpha value is -3.68. The van der Waals surface area contributed by atoms with Gasteiger partial charge in [-0.05, 0) is 43.2 Å². The summed E-state index contributed by atoms with van der Waals surface area (Å²) in [4.78, 5) is 31.0. The molecule has 5 rings (SSSR count). The van der Waals surface area contributed by atoms with Crippen LogP contribution in [0.5, 0.6) is 0 Å². The van der Waals surface area contributed by atoms with Crippen molar-refractivity contribution in [2.75, 3.05) is 0 Å². The Morgan fingerprint density at radius 2 is 2.03 bits per heavy atom. The number of rotatable bonds is 4. The molecule has 0 bridgehead atoms. The quantitative estimate of drug-likeness (QED) is 0.498. The van der Waals surface area contributed by atoms with E-state index in [9.17, 15) is 9.59 Å². The van der Waals surface area contributed by atoms with Crippen molar-refractivity contribution < 1.29 is 9.21 Å².